The van der Waals surface area contributed by atoms with Crippen molar-refractivity contribution in [1.29, 1.82) is 0 Å². The second kappa shape index (κ2) is 5.58. The van der Waals surface area contributed by atoms with Crippen molar-refractivity contribution in [3.05, 3.63) is 47.7 Å². The molecule has 0 radical (unpaired) electrons. The van der Waals surface area contributed by atoms with Crippen LogP contribution in [0.2, 0.25) is 0 Å². The Morgan fingerprint density at radius 1 is 1.17 bits per heavy atom. The molecule has 4 heteroatoms. The van der Waals surface area contributed by atoms with Gasteiger partial charge in [0.1, 0.15) is 11.6 Å². The molecule has 18 heavy (non-hydrogen) atoms. The topological polar surface area (TPSA) is 50.7 Å². The highest BCUT2D eigenvalue weighted by molar-refractivity contribution is 5.37. The van der Waals surface area contributed by atoms with E-state index in [0.717, 1.165) is 23.9 Å². The van der Waals surface area contributed by atoms with E-state index in [2.05, 4.69) is 34.1 Å². The van der Waals surface area contributed by atoms with Crippen LogP contribution in [0.25, 0.3) is 0 Å². The van der Waals surface area contributed by atoms with E-state index in [1.54, 1.807) is 12.4 Å². The summed E-state index contributed by atoms with van der Waals surface area (Å²) in [6.07, 6.45) is 3.59. The third-order valence-corrected chi connectivity index (χ3v) is 2.61. The van der Waals surface area contributed by atoms with Crippen molar-refractivity contribution < 1.29 is 0 Å². The molecular weight excluding hydrogens is 224 g/mol. The van der Waals surface area contributed by atoms with Gasteiger partial charge < -0.3 is 5.32 Å². The van der Waals surface area contributed by atoms with E-state index in [4.69, 9.17) is 0 Å². The lowest BCUT2D eigenvalue weighted by Crippen LogP contribution is -2.06. The average Bonchev–Trinajstić information content (AvgIpc) is 2.37. The standard InChI is InChI=1S/C14H18N4/c1-10(2)14-17-11(3)8-13(18-14)16-9-12-4-6-15-7-5-12/h4-8,10H,9H2,1-3H3,(H,16,17,18). The minimum atomic E-state index is 0.339. The third-order valence-electron chi connectivity index (χ3n) is 2.61. The molecule has 0 spiro atoms. The number of anilines is 1. The summed E-state index contributed by atoms with van der Waals surface area (Å²) in [6.45, 7) is 6.94. The highest BCUT2D eigenvalue weighted by atomic mass is 15.0. The molecule has 0 saturated heterocycles. The lowest BCUT2D eigenvalue weighted by atomic mass is 10.2. The van der Waals surface area contributed by atoms with Crippen LogP contribution in [0.1, 0.15) is 36.8 Å². The fraction of sp³-hybridized carbons (Fsp3) is 0.357. The van der Waals surface area contributed by atoms with Gasteiger partial charge in [-0.2, -0.15) is 0 Å². The lowest BCUT2D eigenvalue weighted by molar-refractivity contribution is 0.766. The Hall–Kier alpha value is -1.97. The zero-order valence-electron chi connectivity index (χ0n) is 11.0. The van der Waals surface area contributed by atoms with E-state index in [9.17, 15) is 0 Å². The maximum atomic E-state index is 4.51. The number of hydrogen-bond acceptors (Lipinski definition) is 4. The Morgan fingerprint density at radius 3 is 2.56 bits per heavy atom. The van der Waals surface area contributed by atoms with Gasteiger partial charge in [-0.25, -0.2) is 9.97 Å². The SMILES string of the molecule is Cc1cc(NCc2ccncc2)nc(C(C)C)n1. The quantitative estimate of drug-likeness (QED) is 0.895. The molecule has 0 amide bonds. The number of pyridine rings is 1. The Balaban J connectivity index is 2.10. The first-order valence-electron chi connectivity index (χ1n) is 6.13. The minimum Gasteiger partial charge on any atom is -0.366 e. The molecule has 0 unspecified atom stereocenters. The Kier molecular flexibility index (Phi) is 3.87. The highest BCUT2D eigenvalue weighted by Crippen LogP contribution is 2.14. The number of hydrogen-bond donors (Lipinski definition) is 1. The summed E-state index contributed by atoms with van der Waals surface area (Å²) < 4.78 is 0. The third kappa shape index (κ3) is 3.26. The fourth-order valence-corrected chi connectivity index (χ4v) is 1.63. The van der Waals surface area contributed by atoms with E-state index >= 15 is 0 Å². The number of aryl methyl sites for hydroxylation is 1. The van der Waals surface area contributed by atoms with Gasteiger partial charge >= 0.3 is 0 Å². The zero-order chi connectivity index (χ0) is 13.0. The first kappa shape index (κ1) is 12.5. The summed E-state index contributed by atoms with van der Waals surface area (Å²) >= 11 is 0. The molecule has 2 rings (SSSR count). The summed E-state index contributed by atoms with van der Waals surface area (Å²) in [6, 6.07) is 5.95. The molecule has 2 heterocycles. The summed E-state index contributed by atoms with van der Waals surface area (Å²) in [4.78, 5) is 12.9. The van der Waals surface area contributed by atoms with E-state index in [-0.39, 0.29) is 0 Å². The smallest absolute Gasteiger partial charge is 0.133 e. The van der Waals surface area contributed by atoms with Crippen LogP contribution >= 0.6 is 0 Å². The summed E-state index contributed by atoms with van der Waals surface area (Å²) in [5, 5.41) is 3.32. The van der Waals surface area contributed by atoms with Gasteiger partial charge in [-0.05, 0) is 24.6 Å². The van der Waals surface area contributed by atoms with Crippen molar-refractivity contribution in [3.8, 4) is 0 Å². The van der Waals surface area contributed by atoms with E-state index in [1.807, 2.05) is 25.1 Å². The monoisotopic (exact) mass is 242 g/mol. The maximum Gasteiger partial charge on any atom is 0.133 e. The van der Waals surface area contributed by atoms with Gasteiger partial charge in [0.25, 0.3) is 0 Å². The van der Waals surface area contributed by atoms with E-state index in [1.165, 1.54) is 5.56 Å². The minimum absolute atomic E-state index is 0.339. The summed E-state index contributed by atoms with van der Waals surface area (Å²) in [5.74, 6) is 2.10. The average molecular weight is 242 g/mol. The Labute approximate surface area is 108 Å². The summed E-state index contributed by atoms with van der Waals surface area (Å²) in [5.41, 5.74) is 2.18. The van der Waals surface area contributed by atoms with Gasteiger partial charge in [-0.15, -0.1) is 0 Å². The second-order valence-corrected chi connectivity index (χ2v) is 4.62. The predicted octanol–water partition coefficient (Wildman–Crippen LogP) is 2.92. The van der Waals surface area contributed by atoms with Crippen molar-refractivity contribution in [2.45, 2.75) is 33.2 Å². The molecule has 0 atom stereocenters. The molecular formula is C14H18N4. The molecule has 2 aromatic rings. The number of aromatic nitrogens is 3. The van der Waals surface area contributed by atoms with Crippen molar-refractivity contribution in [1.82, 2.24) is 15.0 Å². The molecule has 0 bridgehead atoms. The molecule has 0 aliphatic heterocycles. The second-order valence-electron chi connectivity index (χ2n) is 4.62. The largest absolute Gasteiger partial charge is 0.366 e. The number of rotatable bonds is 4. The van der Waals surface area contributed by atoms with Crippen LogP contribution in [0.4, 0.5) is 5.82 Å². The zero-order valence-corrected chi connectivity index (χ0v) is 11.0. The van der Waals surface area contributed by atoms with Crippen LogP contribution in [0.3, 0.4) is 0 Å². The highest BCUT2D eigenvalue weighted by Gasteiger charge is 2.05. The Morgan fingerprint density at radius 2 is 1.89 bits per heavy atom. The van der Waals surface area contributed by atoms with Gasteiger partial charge in [-0.3, -0.25) is 4.98 Å². The van der Waals surface area contributed by atoms with Crippen molar-refractivity contribution in [2.24, 2.45) is 0 Å². The lowest BCUT2D eigenvalue weighted by Gasteiger charge is -2.10. The van der Waals surface area contributed by atoms with Crippen molar-refractivity contribution in [2.75, 3.05) is 5.32 Å². The van der Waals surface area contributed by atoms with Gasteiger partial charge in [0, 0.05) is 36.6 Å². The van der Waals surface area contributed by atoms with Crippen LogP contribution in [0.5, 0.6) is 0 Å². The molecule has 0 fully saturated rings. The first-order chi connectivity index (χ1) is 8.65. The molecule has 0 aliphatic carbocycles. The van der Waals surface area contributed by atoms with Crippen LogP contribution in [-0.4, -0.2) is 15.0 Å². The molecule has 0 aromatic carbocycles. The van der Waals surface area contributed by atoms with Gasteiger partial charge in [0.2, 0.25) is 0 Å². The van der Waals surface area contributed by atoms with Crippen LogP contribution in [-0.2, 0) is 6.54 Å². The van der Waals surface area contributed by atoms with E-state index < -0.39 is 0 Å². The summed E-state index contributed by atoms with van der Waals surface area (Å²) in [7, 11) is 0. The van der Waals surface area contributed by atoms with Gasteiger partial charge in [-0.1, -0.05) is 13.8 Å². The fourth-order valence-electron chi connectivity index (χ4n) is 1.63. The van der Waals surface area contributed by atoms with Crippen LogP contribution < -0.4 is 5.32 Å². The van der Waals surface area contributed by atoms with Crippen molar-refractivity contribution in [3.63, 3.8) is 0 Å². The molecule has 0 aliphatic rings. The van der Waals surface area contributed by atoms with Crippen LogP contribution in [0.15, 0.2) is 30.6 Å². The molecule has 2 aromatic heterocycles. The van der Waals surface area contributed by atoms with E-state index in [0.29, 0.717) is 5.92 Å². The number of nitrogens with zero attached hydrogens (tertiary/aromatic N) is 3. The Bertz CT molecular complexity index is 508. The van der Waals surface area contributed by atoms with Crippen molar-refractivity contribution >= 4 is 5.82 Å². The normalized spacial score (nSPS) is 10.7. The molecule has 1 N–H and O–H groups in total. The molecule has 94 valence electrons. The van der Waals surface area contributed by atoms with Gasteiger partial charge in [0.15, 0.2) is 0 Å². The van der Waals surface area contributed by atoms with Crippen LogP contribution in [0, 0.1) is 6.92 Å². The molecule has 0 saturated carbocycles. The van der Waals surface area contributed by atoms with Gasteiger partial charge in [0.05, 0.1) is 0 Å². The number of nitrogens with one attached hydrogen (secondary N) is 1. The first-order valence-corrected chi connectivity index (χ1v) is 6.13. The molecule has 4 nitrogen and oxygen atoms in total. The maximum absolute atomic E-state index is 4.51. The predicted molar refractivity (Wildman–Crippen MR) is 72.4 cm³/mol.